The predicted molar refractivity (Wildman–Crippen MR) is 71.2 cm³/mol. The summed E-state index contributed by atoms with van der Waals surface area (Å²) in [5.41, 5.74) is 0.251. The summed E-state index contributed by atoms with van der Waals surface area (Å²) in [6.07, 6.45) is 1.22. The number of rotatable bonds is 8. The van der Waals surface area contributed by atoms with Gasteiger partial charge in [0.05, 0.1) is 6.61 Å². The van der Waals surface area contributed by atoms with E-state index in [1.807, 2.05) is 0 Å². The molecule has 0 aromatic carbocycles. The van der Waals surface area contributed by atoms with Gasteiger partial charge in [-0.1, -0.05) is 6.07 Å². The Balaban J connectivity index is 2.53. The third-order valence-electron chi connectivity index (χ3n) is 2.33. The zero-order chi connectivity index (χ0) is 14.8. The fourth-order valence-electron chi connectivity index (χ4n) is 1.42. The summed E-state index contributed by atoms with van der Waals surface area (Å²) >= 11 is 0. The lowest BCUT2D eigenvalue weighted by molar-refractivity contribution is -0.109. The molecule has 0 aliphatic rings. The maximum absolute atomic E-state index is 11.8. The molecule has 0 saturated carbocycles. The third-order valence-corrected chi connectivity index (χ3v) is 2.33. The van der Waals surface area contributed by atoms with Crippen LogP contribution in [-0.2, 0) is 9.53 Å². The van der Waals surface area contributed by atoms with Crippen molar-refractivity contribution < 1.29 is 19.1 Å². The molecule has 1 rings (SSSR count). The summed E-state index contributed by atoms with van der Waals surface area (Å²) in [5.74, 6) is -0.931. The SMILES string of the molecule is CCOC(=O)c1cccc(C(=O)NCCCNC=O)n1. The zero-order valence-corrected chi connectivity index (χ0v) is 11.2. The van der Waals surface area contributed by atoms with Gasteiger partial charge in [0.1, 0.15) is 11.4 Å². The lowest BCUT2D eigenvalue weighted by atomic mass is 10.3. The summed E-state index contributed by atoms with van der Waals surface area (Å²) in [5, 5.41) is 5.14. The number of esters is 1. The molecule has 0 radical (unpaired) electrons. The molecular weight excluding hydrogens is 262 g/mol. The van der Waals surface area contributed by atoms with Crippen molar-refractivity contribution in [2.45, 2.75) is 13.3 Å². The van der Waals surface area contributed by atoms with E-state index < -0.39 is 5.97 Å². The van der Waals surface area contributed by atoms with E-state index in [2.05, 4.69) is 15.6 Å². The number of nitrogens with one attached hydrogen (secondary N) is 2. The summed E-state index contributed by atoms with van der Waals surface area (Å²) in [7, 11) is 0. The van der Waals surface area contributed by atoms with Gasteiger partial charge < -0.3 is 15.4 Å². The van der Waals surface area contributed by atoms with E-state index >= 15 is 0 Å². The molecule has 0 fully saturated rings. The first-order valence-electron chi connectivity index (χ1n) is 6.28. The third kappa shape index (κ3) is 5.05. The van der Waals surface area contributed by atoms with Gasteiger partial charge in [-0.2, -0.15) is 0 Å². The maximum Gasteiger partial charge on any atom is 0.356 e. The number of hydrogen-bond acceptors (Lipinski definition) is 5. The first kappa shape index (κ1) is 15.6. The predicted octanol–water partition coefficient (Wildman–Crippen LogP) is 0.124. The Labute approximate surface area is 116 Å². The molecule has 0 spiro atoms. The molecule has 2 amide bonds. The topological polar surface area (TPSA) is 97.4 Å². The zero-order valence-electron chi connectivity index (χ0n) is 11.2. The van der Waals surface area contributed by atoms with Crippen LogP contribution in [0.4, 0.5) is 0 Å². The summed E-state index contributed by atoms with van der Waals surface area (Å²) in [4.78, 5) is 37.3. The minimum absolute atomic E-state index is 0.0992. The van der Waals surface area contributed by atoms with Gasteiger partial charge in [-0.3, -0.25) is 9.59 Å². The number of ether oxygens (including phenoxy) is 1. The number of carbonyl (C=O) groups is 3. The Kier molecular flexibility index (Phi) is 6.74. The summed E-state index contributed by atoms with van der Waals surface area (Å²) < 4.78 is 4.81. The van der Waals surface area contributed by atoms with E-state index in [0.717, 1.165) is 0 Å². The first-order valence-corrected chi connectivity index (χ1v) is 6.28. The van der Waals surface area contributed by atoms with Crippen molar-refractivity contribution in [2.75, 3.05) is 19.7 Å². The van der Waals surface area contributed by atoms with E-state index in [1.165, 1.54) is 12.1 Å². The van der Waals surface area contributed by atoms with Crippen molar-refractivity contribution in [1.82, 2.24) is 15.6 Å². The van der Waals surface area contributed by atoms with E-state index in [4.69, 9.17) is 4.74 Å². The molecule has 0 atom stereocenters. The van der Waals surface area contributed by atoms with Crippen molar-refractivity contribution in [3.05, 3.63) is 29.6 Å². The van der Waals surface area contributed by atoms with Crippen LogP contribution < -0.4 is 10.6 Å². The average molecular weight is 279 g/mol. The Morgan fingerprint density at radius 1 is 1.30 bits per heavy atom. The van der Waals surface area contributed by atoms with Crippen LogP contribution in [0.25, 0.3) is 0 Å². The Bertz CT molecular complexity index is 476. The van der Waals surface area contributed by atoms with Crippen molar-refractivity contribution in [2.24, 2.45) is 0 Å². The molecule has 0 bridgehead atoms. The highest BCUT2D eigenvalue weighted by Crippen LogP contribution is 2.01. The van der Waals surface area contributed by atoms with E-state index in [1.54, 1.807) is 13.0 Å². The number of aromatic nitrogens is 1. The van der Waals surface area contributed by atoms with Crippen LogP contribution in [0.3, 0.4) is 0 Å². The van der Waals surface area contributed by atoms with Gasteiger partial charge >= 0.3 is 5.97 Å². The van der Waals surface area contributed by atoms with Crippen molar-refractivity contribution in [3.8, 4) is 0 Å². The number of pyridine rings is 1. The van der Waals surface area contributed by atoms with Crippen LogP contribution in [0, 0.1) is 0 Å². The smallest absolute Gasteiger partial charge is 0.356 e. The molecule has 7 nitrogen and oxygen atoms in total. The van der Waals surface area contributed by atoms with Gasteiger partial charge in [0.2, 0.25) is 6.41 Å². The monoisotopic (exact) mass is 279 g/mol. The lowest BCUT2D eigenvalue weighted by Gasteiger charge is -2.06. The van der Waals surface area contributed by atoms with Gasteiger partial charge in [-0.15, -0.1) is 0 Å². The Hall–Kier alpha value is -2.44. The van der Waals surface area contributed by atoms with Crippen LogP contribution >= 0.6 is 0 Å². The largest absolute Gasteiger partial charge is 0.461 e. The van der Waals surface area contributed by atoms with Crippen molar-refractivity contribution in [1.29, 1.82) is 0 Å². The molecule has 0 saturated heterocycles. The maximum atomic E-state index is 11.8. The van der Waals surface area contributed by atoms with Crippen molar-refractivity contribution in [3.63, 3.8) is 0 Å². The summed E-state index contributed by atoms with van der Waals surface area (Å²) in [6, 6.07) is 4.58. The highest BCUT2D eigenvalue weighted by molar-refractivity contribution is 5.94. The Morgan fingerprint density at radius 2 is 2.05 bits per heavy atom. The minimum atomic E-state index is -0.558. The minimum Gasteiger partial charge on any atom is -0.461 e. The standard InChI is InChI=1S/C13H17N3O4/c1-2-20-13(19)11-6-3-5-10(16-11)12(18)15-8-4-7-14-9-17/h3,5-6,9H,2,4,7-8H2,1H3,(H,14,17)(H,15,18). The molecule has 1 heterocycles. The van der Waals surface area contributed by atoms with Gasteiger partial charge in [-0.05, 0) is 25.5 Å². The van der Waals surface area contributed by atoms with E-state index in [0.29, 0.717) is 25.9 Å². The number of hydrogen-bond donors (Lipinski definition) is 2. The number of amides is 2. The normalized spacial score (nSPS) is 9.65. The average Bonchev–Trinajstić information content (AvgIpc) is 2.47. The van der Waals surface area contributed by atoms with Gasteiger partial charge in [0, 0.05) is 13.1 Å². The molecule has 108 valence electrons. The highest BCUT2D eigenvalue weighted by Gasteiger charge is 2.12. The molecule has 0 aliphatic carbocycles. The first-order chi connectivity index (χ1) is 9.69. The van der Waals surface area contributed by atoms with Crippen LogP contribution in [-0.4, -0.2) is 43.0 Å². The second-order valence-electron chi connectivity index (χ2n) is 3.81. The Morgan fingerprint density at radius 3 is 2.75 bits per heavy atom. The second-order valence-corrected chi connectivity index (χ2v) is 3.81. The molecule has 7 heteroatoms. The fourth-order valence-corrected chi connectivity index (χ4v) is 1.42. The van der Waals surface area contributed by atoms with E-state index in [9.17, 15) is 14.4 Å². The van der Waals surface area contributed by atoms with Crippen molar-refractivity contribution >= 4 is 18.3 Å². The van der Waals surface area contributed by atoms with E-state index in [-0.39, 0.29) is 23.9 Å². The molecule has 20 heavy (non-hydrogen) atoms. The number of nitrogens with zero attached hydrogens (tertiary/aromatic N) is 1. The van der Waals surface area contributed by atoms with Crippen LogP contribution in [0.2, 0.25) is 0 Å². The van der Waals surface area contributed by atoms with Gasteiger partial charge in [-0.25, -0.2) is 9.78 Å². The van der Waals surface area contributed by atoms with Gasteiger partial charge in [0.25, 0.3) is 5.91 Å². The summed E-state index contributed by atoms with van der Waals surface area (Å²) in [6.45, 7) is 2.84. The van der Waals surface area contributed by atoms with Gasteiger partial charge in [0.15, 0.2) is 0 Å². The lowest BCUT2D eigenvalue weighted by Crippen LogP contribution is -2.28. The molecule has 2 N–H and O–H groups in total. The molecule has 0 aliphatic heterocycles. The van der Waals surface area contributed by atoms with Crippen LogP contribution in [0.15, 0.2) is 18.2 Å². The van der Waals surface area contributed by atoms with Crippen LogP contribution in [0.5, 0.6) is 0 Å². The molecular formula is C13H17N3O4. The second kappa shape index (κ2) is 8.63. The highest BCUT2D eigenvalue weighted by atomic mass is 16.5. The number of carbonyl (C=O) groups excluding carboxylic acids is 3. The molecule has 1 aromatic heterocycles. The fraction of sp³-hybridized carbons (Fsp3) is 0.385. The molecule has 1 aromatic rings. The van der Waals surface area contributed by atoms with Crippen LogP contribution in [0.1, 0.15) is 34.3 Å². The quantitative estimate of drug-likeness (QED) is 0.400. The molecule has 0 unspecified atom stereocenters.